The van der Waals surface area contributed by atoms with Gasteiger partial charge in [-0.3, -0.25) is 14.2 Å². The molecule has 0 aliphatic carbocycles. The first-order chi connectivity index (χ1) is 13.3. The number of hydrogen-bond donors (Lipinski definition) is 0. The van der Waals surface area contributed by atoms with Gasteiger partial charge in [0.2, 0.25) is 5.91 Å². The summed E-state index contributed by atoms with van der Waals surface area (Å²) in [6, 6.07) is 5.91. The van der Waals surface area contributed by atoms with Crippen LogP contribution in [0.5, 0.6) is 5.75 Å². The minimum absolute atomic E-state index is 0.0335. The zero-order chi connectivity index (χ0) is 20.4. The topological polar surface area (TPSA) is 64.4 Å². The summed E-state index contributed by atoms with van der Waals surface area (Å²) in [5.41, 5.74) is 2.97. The van der Waals surface area contributed by atoms with Crippen LogP contribution in [0.25, 0.3) is 10.2 Å². The van der Waals surface area contributed by atoms with Gasteiger partial charge in [0.1, 0.15) is 10.6 Å². The van der Waals surface area contributed by atoms with Crippen molar-refractivity contribution in [1.82, 2.24) is 14.5 Å². The molecular formula is C21H25N3O3S. The third-order valence-corrected chi connectivity index (χ3v) is 6.11. The molecule has 7 heteroatoms. The van der Waals surface area contributed by atoms with E-state index in [2.05, 4.69) is 4.98 Å². The van der Waals surface area contributed by atoms with E-state index < -0.39 is 0 Å². The van der Waals surface area contributed by atoms with Crippen LogP contribution in [0.3, 0.4) is 0 Å². The van der Waals surface area contributed by atoms with Crippen molar-refractivity contribution < 1.29 is 9.53 Å². The quantitative estimate of drug-likeness (QED) is 0.637. The molecule has 1 aromatic carbocycles. The molecule has 2 aromatic heterocycles. The van der Waals surface area contributed by atoms with Crippen molar-refractivity contribution >= 4 is 27.5 Å². The van der Waals surface area contributed by atoms with Gasteiger partial charge in [-0.25, -0.2) is 4.98 Å². The molecule has 1 amide bonds. The van der Waals surface area contributed by atoms with Gasteiger partial charge in [-0.2, -0.15) is 0 Å². The van der Waals surface area contributed by atoms with E-state index in [9.17, 15) is 9.59 Å². The Morgan fingerprint density at radius 2 is 2.04 bits per heavy atom. The molecule has 148 valence electrons. The Labute approximate surface area is 168 Å². The Balaban J connectivity index is 1.71. The first kappa shape index (κ1) is 20.1. The van der Waals surface area contributed by atoms with E-state index in [0.717, 1.165) is 32.1 Å². The van der Waals surface area contributed by atoms with Crippen LogP contribution in [-0.4, -0.2) is 34.5 Å². The summed E-state index contributed by atoms with van der Waals surface area (Å²) < 4.78 is 6.92. The molecule has 28 heavy (non-hydrogen) atoms. The number of benzene rings is 1. The number of thiophene rings is 1. The van der Waals surface area contributed by atoms with Gasteiger partial charge in [0.05, 0.1) is 18.8 Å². The lowest BCUT2D eigenvalue weighted by molar-refractivity contribution is -0.130. The first-order valence-electron chi connectivity index (χ1n) is 9.14. The van der Waals surface area contributed by atoms with Crippen molar-refractivity contribution in [3.05, 3.63) is 56.4 Å². The molecule has 0 radical (unpaired) electrons. The lowest BCUT2D eigenvalue weighted by Crippen LogP contribution is -2.29. The fourth-order valence-corrected chi connectivity index (χ4v) is 4.20. The average molecular weight is 400 g/mol. The lowest BCUT2D eigenvalue weighted by atomic mass is 10.1. The monoisotopic (exact) mass is 399 g/mol. The van der Waals surface area contributed by atoms with Crippen LogP contribution in [0.1, 0.15) is 28.0 Å². The normalized spacial score (nSPS) is 11.0. The second kappa shape index (κ2) is 8.14. The molecule has 0 aliphatic heterocycles. The second-order valence-electron chi connectivity index (χ2n) is 7.02. The van der Waals surface area contributed by atoms with E-state index in [1.807, 2.05) is 39.0 Å². The van der Waals surface area contributed by atoms with Crippen LogP contribution in [0, 0.1) is 20.8 Å². The molecule has 0 fully saturated rings. The van der Waals surface area contributed by atoms with E-state index in [1.54, 1.807) is 19.1 Å². The number of fused-ring (bicyclic) bond motifs is 1. The van der Waals surface area contributed by atoms with Crippen LogP contribution >= 0.6 is 11.3 Å². The number of aryl methyl sites for hydroxylation is 4. The predicted octanol–water partition coefficient (Wildman–Crippen LogP) is 3.44. The van der Waals surface area contributed by atoms with Crippen molar-refractivity contribution in [3.63, 3.8) is 0 Å². The van der Waals surface area contributed by atoms with Crippen LogP contribution in [0.15, 0.2) is 29.3 Å². The van der Waals surface area contributed by atoms with Crippen molar-refractivity contribution in [2.75, 3.05) is 14.2 Å². The Morgan fingerprint density at radius 1 is 1.29 bits per heavy atom. The standard InChI is InChI=1S/C21H25N3O3S/c1-13-6-7-17(27-5)16(10-13)11-23(4)18(25)8-9-24-12-22-20-19(21(24)26)14(2)15(3)28-20/h6-7,10,12H,8-9,11H2,1-5H3. The summed E-state index contributed by atoms with van der Waals surface area (Å²) in [7, 11) is 3.39. The number of nitrogens with zero attached hydrogens (tertiary/aromatic N) is 3. The van der Waals surface area contributed by atoms with E-state index in [-0.39, 0.29) is 17.9 Å². The van der Waals surface area contributed by atoms with Crippen LogP contribution in [-0.2, 0) is 17.9 Å². The minimum atomic E-state index is -0.0809. The predicted molar refractivity (Wildman–Crippen MR) is 112 cm³/mol. The SMILES string of the molecule is COc1ccc(C)cc1CN(C)C(=O)CCn1cnc2sc(C)c(C)c2c1=O. The maximum absolute atomic E-state index is 12.7. The highest BCUT2D eigenvalue weighted by molar-refractivity contribution is 7.18. The molecule has 0 unspecified atom stereocenters. The molecule has 0 bridgehead atoms. The van der Waals surface area contributed by atoms with Crippen molar-refractivity contribution in [1.29, 1.82) is 0 Å². The molecule has 0 spiro atoms. The highest BCUT2D eigenvalue weighted by atomic mass is 32.1. The number of carbonyl (C=O) groups is 1. The van der Waals surface area contributed by atoms with Crippen molar-refractivity contribution in [2.45, 2.75) is 40.3 Å². The number of amides is 1. The van der Waals surface area contributed by atoms with Gasteiger partial charge in [0.25, 0.3) is 5.56 Å². The summed E-state index contributed by atoms with van der Waals surface area (Å²) in [5, 5.41) is 0.662. The maximum Gasteiger partial charge on any atom is 0.262 e. The van der Waals surface area contributed by atoms with Gasteiger partial charge < -0.3 is 9.64 Å². The van der Waals surface area contributed by atoms with Crippen molar-refractivity contribution in [2.24, 2.45) is 0 Å². The Hall–Kier alpha value is -2.67. The van der Waals surface area contributed by atoms with Gasteiger partial charge in [-0.05, 0) is 32.4 Å². The largest absolute Gasteiger partial charge is 0.496 e. The van der Waals surface area contributed by atoms with Crippen LogP contribution < -0.4 is 10.3 Å². The van der Waals surface area contributed by atoms with E-state index in [1.165, 1.54) is 22.2 Å². The van der Waals surface area contributed by atoms with Gasteiger partial charge in [0.15, 0.2) is 0 Å². The van der Waals surface area contributed by atoms with E-state index in [4.69, 9.17) is 4.74 Å². The molecule has 0 saturated heterocycles. The highest BCUT2D eigenvalue weighted by Gasteiger charge is 2.15. The molecule has 0 saturated carbocycles. The molecule has 2 heterocycles. The number of hydrogen-bond acceptors (Lipinski definition) is 5. The summed E-state index contributed by atoms with van der Waals surface area (Å²) in [4.78, 5) is 33.2. The Morgan fingerprint density at radius 3 is 2.75 bits per heavy atom. The molecule has 3 aromatic rings. The van der Waals surface area contributed by atoms with Gasteiger partial charge >= 0.3 is 0 Å². The smallest absolute Gasteiger partial charge is 0.262 e. The summed E-state index contributed by atoms with van der Waals surface area (Å²) in [6.07, 6.45) is 1.77. The van der Waals surface area contributed by atoms with Gasteiger partial charge in [-0.1, -0.05) is 17.7 Å². The first-order valence-corrected chi connectivity index (χ1v) is 9.96. The number of carbonyl (C=O) groups excluding carboxylic acids is 1. The Kier molecular flexibility index (Phi) is 5.84. The Bertz CT molecular complexity index is 1080. The highest BCUT2D eigenvalue weighted by Crippen LogP contribution is 2.25. The zero-order valence-electron chi connectivity index (χ0n) is 16.9. The number of methoxy groups -OCH3 is 1. The molecular weight excluding hydrogens is 374 g/mol. The zero-order valence-corrected chi connectivity index (χ0v) is 17.7. The summed E-state index contributed by atoms with van der Waals surface area (Å²) in [6.45, 7) is 6.71. The van der Waals surface area contributed by atoms with E-state index >= 15 is 0 Å². The average Bonchev–Trinajstić information content (AvgIpc) is 2.95. The number of rotatable bonds is 6. The van der Waals surface area contributed by atoms with Gasteiger partial charge in [0, 0.05) is 37.0 Å². The maximum atomic E-state index is 12.7. The lowest BCUT2D eigenvalue weighted by Gasteiger charge is -2.19. The minimum Gasteiger partial charge on any atom is -0.496 e. The molecule has 6 nitrogen and oxygen atoms in total. The molecule has 0 atom stereocenters. The second-order valence-corrected chi connectivity index (χ2v) is 8.22. The van der Waals surface area contributed by atoms with Gasteiger partial charge in [-0.15, -0.1) is 11.3 Å². The fraction of sp³-hybridized carbons (Fsp3) is 0.381. The summed E-state index contributed by atoms with van der Waals surface area (Å²) >= 11 is 1.53. The van der Waals surface area contributed by atoms with E-state index in [0.29, 0.717) is 18.5 Å². The summed E-state index contributed by atoms with van der Waals surface area (Å²) in [5.74, 6) is 0.730. The fourth-order valence-electron chi connectivity index (χ4n) is 3.21. The third kappa shape index (κ3) is 3.94. The molecule has 3 rings (SSSR count). The third-order valence-electron chi connectivity index (χ3n) is 4.99. The van der Waals surface area contributed by atoms with Crippen LogP contribution in [0.4, 0.5) is 0 Å². The van der Waals surface area contributed by atoms with Crippen LogP contribution in [0.2, 0.25) is 0 Å². The number of ether oxygens (including phenoxy) is 1. The van der Waals surface area contributed by atoms with Crippen molar-refractivity contribution in [3.8, 4) is 5.75 Å². The molecule has 0 aliphatic rings. The molecule has 0 N–H and O–H groups in total. The number of aromatic nitrogens is 2.